The van der Waals surface area contributed by atoms with Gasteiger partial charge in [-0.1, -0.05) is 11.6 Å². The quantitative estimate of drug-likeness (QED) is 0.815. The van der Waals surface area contributed by atoms with Crippen LogP contribution in [0.3, 0.4) is 0 Å². The van der Waals surface area contributed by atoms with Gasteiger partial charge in [-0.25, -0.2) is 0 Å². The minimum atomic E-state index is -4.43. The molecule has 0 aliphatic rings. The van der Waals surface area contributed by atoms with E-state index in [-0.39, 0.29) is 10.6 Å². The van der Waals surface area contributed by atoms with E-state index < -0.39 is 11.7 Å². The van der Waals surface area contributed by atoms with Gasteiger partial charge in [-0.15, -0.1) is 0 Å². The largest absolute Gasteiger partial charge is 0.417 e. The molecule has 0 unspecified atom stereocenters. The Kier molecular flexibility index (Phi) is 5.10. The van der Waals surface area contributed by atoms with Crippen molar-refractivity contribution in [2.45, 2.75) is 32.5 Å². The summed E-state index contributed by atoms with van der Waals surface area (Å²) in [5.74, 6) is 0. The summed E-state index contributed by atoms with van der Waals surface area (Å²) in [6.07, 6.45) is -4.43. The maximum Gasteiger partial charge on any atom is 0.417 e. The highest BCUT2D eigenvalue weighted by Crippen LogP contribution is 2.36. The zero-order valence-corrected chi connectivity index (χ0v) is 11.9. The molecule has 1 rings (SSSR count). The summed E-state index contributed by atoms with van der Waals surface area (Å²) in [4.78, 5) is 0. The molecule has 0 atom stereocenters. The Bertz CT molecular complexity index is 425. The van der Waals surface area contributed by atoms with Crippen molar-refractivity contribution in [3.8, 4) is 0 Å². The second-order valence-corrected chi connectivity index (χ2v) is 5.70. The van der Waals surface area contributed by atoms with Crippen LogP contribution in [0.2, 0.25) is 5.02 Å². The molecule has 2 nitrogen and oxygen atoms in total. The van der Waals surface area contributed by atoms with Gasteiger partial charge in [0.05, 0.1) is 10.6 Å². The Labute approximate surface area is 116 Å². The average molecular weight is 295 g/mol. The number of hydrogen-bond acceptors (Lipinski definition) is 2. The minimum Gasteiger partial charge on any atom is -0.384 e. The third-order valence-electron chi connectivity index (χ3n) is 2.38. The lowest BCUT2D eigenvalue weighted by atomic mass is 10.1. The Morgan fingerprint density at radius 3 is 2.26 bits per heavy atom. The lowest BCUT2D eigenvalue weighted by Gasteiger charge is -2.21. The fourth-order valence-electron chi connectivity index (χ4n) is 1.50. The molecule has 0 radical (unpaired) electrons. The van der Waals surface area contributed by atoms with Crippen molar-refractivity contribution in [3.63, 3.8) is 0 Å². The summed E-state index contributed by atoms with van der Waals surface area (Å²) >= 11 is 5.54. The second kappa shape index (κ2) is 6.01. The molecule has 0 amide bonds. The average Bonchev–Trinajstić information content (AvgIpc) is 2.23. The molecule has 0 aromatic heterocycles. The molecular weight excluding hydrogens is 277 g/mol. The van der Waals surface area contributed by atoms with E-state index >= 15 is 0 Å². The molecule has 6 heteroatoms. The van der Waals surface area contributed by atoms with Crippen molar-refractivity contribution in [2.75, 3.05) is 18.4 Å². The predicted octanol–water partition coefficient (Wildman–Crippen LogP) is 4.16. The Hall–Kier alpha value is -0.940. The first kappa shape index (κ1) is 16.1. The van der Waals surface area contributed by atoms with E-state index in [0.717, 1.165) is 6.07 Å². The van der Waals surface area contributed by atoms with Crippen molar-refractivity contribution in [3.05, 3.63) is 28.8 Å². The van der Waals surface area contributed by atoms with Gasteiger partial charge in [0.25, 0.3) is 0 Å². The molecule has 19 heavy (non-hydrogen) atoms. The highest BCUT2D eigenvalue weighted by atomic mass is 35.5. The monoisotopic (exact) mass is 294 g/mol. The number of halogens is 4. The number of benzene rings is 1. The number of rotatable bonds is 4. The van der Waals surface area contributed by atoms with Crippen molar-refractivity contribution in [1.29, 1.82) is 0 Å². The van der Waals surface area contributed by atoms with Gasteiger partial charge in [0.1, 0.15) is 0 Å². The lowest BCUT2D eigenvalue weighted by Crippen LogP contribution is -2.38. The van der Waals surface area contributed by atoms with Gasteiger partial charge in [-0.05, 0) is 39.0 Å². The first-order valence-electron chi connectivity index (χ1n) is 5.95. The standard InChI is InChI=1S/C13H18ClF3N2/c1-12(2,3)19-7-6-18-9-4-5-11(14)10(8-9)13(15,16)17/h4-5,8,18-19H,6-7H2,1-3H3. The van der Waals surface area contributed by atoms with E-state index in [2.05, 4.69) is 10.6 Å². The summed E-state index contributed by atoms with van der Waals surface area (Å²) in [6.45, 7) is 7.27. The third-order valence-corrected chi connectivity index (χ3v) is 2.71. The highest BCUT2D eigenvalue weighted by Gasteiger charge is 2.33. The molecule has 0 aliphatic heterocycles. The van der Waals surface area contributed by atoms with Crippen LogP contribution in [0.1, 0.15) is 26.3 Å². The van der Waals surface area contributed by atoms with E-state index in [1.807, 2.05) is 20.8 Å². The van der Waals surface area contributed by atoms with E-state index in [1.54, 1.807) is 0 Å². The zero-order chi connectivity index (χ0) is 14.7. The molecule has 1 aromatic rings. The Balaban J connectivity index is 2.61. The Morgan fingerprint density at radius 1 is 1.11 bits per heavy atom. The van der Waals surface area contributed by atoms with Crippen LogP contribution in [-0.4, -0.2) is 18.6 Å². The van der Waals surface area contributed by atoms with Gasteiger partial charge < -0.3 is 10.6 Å². The van der Waals surface area contributed by atoms with E-state index in [0.29, 0.717) is 18.8 Å². The van der Waals surface area contributed by atoms with Crippen LogP contribution >= 0.6 is 11.6 Å². The van der Waals surface area contributed by atoms with E-state index in [1.165, 1.54) is 12.1 Å². The molecule has 0 aliphatic carbocycles. The normalized spacial score (nSPS) is 12.6. The first-order valence-corrected chi connectivity index (χ1v) is 6.33. The van der Waals surface area contributed by atoms with Gasteiger partial charge in [0, 0.05) is 24.3 Å². The molecule has 0 fully saturated rings. The lowest BCUT2D eigenvalue weighted by molar-refractivity contribution is -0.137. The first-order chi connectivity index (χ1) is 8.59. The molecule has 0 bridgehead atoms. The molecule has 0 heterocycles. The zero-order valence-electron chi connectivity index (χ0n) is 11.2. The molecule has 2 N–H and O–H groups in total. The maximum atomic E-state index is 12.6. The fourth-order valence-corrected chi connectivity index (χ4v) is 1.72. The SMILES string of the molecule is CC(C)(C)NCCNc1ccc(Cl)c(C(F)(F)F)c1. The number of anilines is 1. The van der Waals surface area contributed by atoms with Crippen molar-refractivity contribution >= 4 is 17.3 Å². The molecule has 0 saturated heterocycles. The summed E-state index contributed by atoms with van der Waals surface area (Å²) in [5, 5.41) is 5.89. The molecule has 108 valence electrons. The van der Waals surface area contributed by atoms with Crippen LogP contribution in [-0.2, 0) is 6.18 Å². The molecule has 0 saturated carbocycles. The topological polar surface area (TPSA) is 24.1 Å². The molecule has 1 aromatic carbocycles. The highest BCUT2D eigenvalue weighted by molar-refractivity contribution is 6.31. The predicted molar refractivity (Wildman–Crippen MR) is 72.7 cm³/mol. The number of alkyl halides is 3. The van der Waals surface area contributed by atoms with Crippen LogP contribution in [0, 0.1) is 0 Å². The van der Waals surface area contributed by atoms with Crippen LogP contribution in [0.15, 0.2) is 18.2 Å². The van der Waals surface area contributed by atoms with Crippen LogP contribution in [0.5, 0.6) is 0 Å². The summed E-state index contributed by atoms with van der Waals surface area (Å²) < 4.78 is 37.9. The van der Waals surface area contributed by atoms with Gasteiger partial charge in [-0.2, -0.15) is 13.2 Å². The number of nitrogens with one attached hydrogen (secondary N) is 2. The number of hydrogen-bond donors (Lipinski definition) is 2. The smallest absolute Gasteiger partial charge is 0.384 e. The molecular formula is C13H18ClF3N2. The summed E-state index contributed by atoms with van der Waals surface area (Å²) in [7, 11) is 0. The van der Waals surface area contributed by atoms with Gasteiger partial charge in [0.15, 0.2) is 0 Å². The second-order valence-electron chi connectivity index (χ2n) is 5.30. The van der Waals surface area contributed by atoms with Crippen LogP contribution < -0.4 is 10.6 Å². The van der Waals surface area contributed by atoms with Crippen molar-refractivity contribution in [2.24, 2.45) is 0 Å². The van der Waals surface area contributed by atoms with Gasteiger partial charge >= 0.3 is 6.18 Å². The van der Waals surface area contributed by atoms with E-state index in [9.17, 15) is 13.2 Å². The minimum absolute atomic E-state index is 0.0151. The van der Waals surface area contributed by atoms with Crippen LogP contribution in [0.25, 0.3) is 0 Å². The van der Waals surface area contributed by atoms with Crippen molar-refractivity contribution in [1.82, 2.24) is 5.32 Å². The molecule has 0 spiro atoms. The van der Waals surface area contributed by atoms with Crippen molar-refractivity contribution < 1.29 is 13.2 Å². The maximum absolute atomic E-state index is 12.6. The van der Waals surface area contributed by atoms with Crippen LogP contribution in [0.4, 0.5) is 18.9 Å². The summed E-state index contributed by atoms with van der Waals surface area (Å²) in [5.41, 5.74) is -0.422. The van der Waals surface area contributed by atoms with Gasteiger partial charge in [-0.3, -0.25) is 0 Å². The van der Waals surface area contributed by atoms with E-state index in [4.69, 9.17) is 11.6 Å². The van der Waals surface area contributed by atoms with Gasteiger partial charge in [0.2, 0.25) is 0 Å². The summed E-state index contributed by atoms with van der Waals surface area (Å²) in [6, 6.07) is 3.82. The third kappa shape index (κ3) is 5.70. The Morgan fingerprint density at radius 2 is 1.74 bits per heavy atom. The fraction of sp³-hybridized carbons (Fsp3) is 0.538.